The van der Waals surface area contributed by atoms with E-state index >= 15 is 0 Å². The van der Waals surface area contributed by atoms with Crippen molar-refractivity contribution in [3.05, 3.63) is 29.3 Å². The lowest BCUT2D eigenvalue weighted by atomic mass is 9.82. The molecule has 1 fully saturated rings. The minimum atomic E-state index is -0.716. The summed E-state index contributed by atoms with van der Waals surface area (Å²) in [4.78, 5) is 38.6. The van der Waals surface area contributed by atoms with E-state index in [1.807, 2.05) is 20.8 Å². The van der Waals surface area contributed by atoms with Crippen LogP contribution in [0.3, 0.4) is 0 Å². The zero-order valence-electron chi connectivity index (χ0n) is 16.2. The summed E-state index contributed by atoms with van der Waals surface area (Å²) in [5.74, 6) is -0.318. The Morgan fingerprint density at radius 3 is 2.44 bits per heavy atom. The molecule has 1 saturated heterocycles. The van der Waals surface area contributed by atoms with Gasteiger partial charge < -0.3 is 19.1 Å². The van der Waals surface area contributed by atoms with Crippen molar-refractivity contribution in [3.8, 4) is 5.75 Å². The zero-order valence-corrected chi connectivity index (χ0v) is 16.2. The van der Waals surface area contributed by atoms with Crippen molar-refractivity contribution in [2.24, 2.45) is 0 Å². The summed E-state index contributed by atoms with van der Waals surface area (Å²) < 4.78 is 16.4. The van der Waals surface area contributed by atoms with Crippen molar-refractivity contribution in [1.29, 1.82) is 0 Å². The molecule has 7 heteroatoms. The normalized spacial score (nSPS) is 18.5. The van der Waals surface area contributed by atoms with Crippen molar-refractivity contribution in [3.63, 3.8) is 0 Å². The van der Waals surface area contributed by atoms with Crippen molar-refractivity contribution in [2.45, 2.75) is 51.2 Å². The Balaban J connectivity index is 1.78. The number of methoxy groups -OCH3 is 1. The molecule has 1 aromatic carbocycles. The van der Waals surface area contributed by atoms with Gasteiger partial charge in [0.1, 0.15) is 22.5 Å². The average Bonchev–Trinajstić information content (AvgIpc) is 2.59. The summed E-state index contributed by atoms with van der Waals surface area (Å²) in [6.07, 6.45) is 0.849. The van der Waals surface area contributed by atoms with Gasteiger partial charge in [0.15, 0.2) is 5.78 Å². The number of hydrogen-bond acceptors (Lipinski definition) is 6. The van der Waals surface area contributed by atoms with Crippen LogP contribution in [0.1, 0.15) is 60.7 Å². The van der Waals surface area contributed by atoms with Gasteiger partial charge in [0.25, 0.3) is 0 Å². The van der Waals surface area contributed by atoms with Gasteiger partial charge in [-0.15, -0.1) is 0 Å². The number of fused-ring (bicyclic) bond motifs is 1. The molecule has 0 N–H and O–H groups in total. The highest BCUT2D eigenvalue weighted by Gasteiger charge is 2.45. The van der Waals surface area contributed by atoms with Crippen LogP contribution in [-0.4, -0.2) is 54.1 Å². The molecule has 2 aliphatic heterocycles. The smallest absolute Gasteiger partial charge is 0.410 e. The van der Waals surface area contributed by atoms with E-state index in [-0.39, 0.29) is 29.6 Å². The average molecular weight is 375 g/mol. The maximum atomic E-state index is 12.7. The maximum absolute atomic E-state index is 12.7. The first-order valence-corrected chi connectivity index (χ1v) is 9.06. The third kappa shape index (κ3) is 3.91. The number of esters is 1. The molecule has 0 unspecified atom stereocenters. The monoisotopic (exact) mass is 375 g/mol. The van der Waals surface area contributed by atoms with Crippen molar-refractivity contribution in [1.82, 2.24) is 4.90 Å². The molecule has 2 aliphatic rings. The first kappa shape index (κ1) is 19.2. The predicted molar refractivity (Wildman–Crippen MR) is 97.1 cm³/mol. The highest BCUT2D eigenvalue weighted by atomic mass is 16.6. The molecule has 0 atom stereocenters. The Hall–Kier alpha value is -2.57. The molecular weight excluding hydrogens is 350 g/mol. The number of piperidine rings is 1. The van der Waals surface area contributed by atoms with Crippen LogP contribution < -0.4 is 4.74 Å². The van der Waals surface area contributed by atoms with Crippen LogP contribution >= 0.6 is 0 Å². The third-order valence-corrected chi connectivity index (χ3v) is 4.85. The topological polar surface area (TPSA) is 82.1 Å². The lowest BCUT2D eigenvalue weighted by molar-refractivity contribution is -0.0230. The maximum Gasteiger partial charge on any atom is 0.410 e. The van der Waals surface area contributed by atoms with Gasteiger partial charge >= 0.3 is 12.1 Å². The number of amides is 1. The van der Waals surface area contributed by atoms with Gasteiger partial charge in [0.05, 0.1) is 19.1 Å². The van der Waals surface area contributed by atoms with Crippen LogP contribution in [0.4, 0.5) is 4.79 Å². The summed E-state index contributed by atoms with van der Waals surface area (Å²) in [6, 6.07) is 4.90. The second kappa shape index (κ2) is 6.87. The van der Waals surface area contributed by atoms with Crippen LogP contribution in [0, 0.1) is 0 Å². The molecule has 146 valence electrons. The third-order valence-electron chi connectivity index (χ3n) is 4.85. The molecule has 1 spiro atoms. The quantitative estimate of drug-likeness (QED) is 0.701. The second-order valence-corrected chi connectivity index (χ2v) is 8.03. The molecule has 1 amide bonds. The molecule has 0 aromatic heterocycles. The molecule has 0 aliphatic carbocycles. The van der Waals surface area contributed by atoms with E-state index in [0.717, 1.165) is 0 Å². The second-order valence-electron chi connectivity index (χ2n) is 8.03. The van der Waals surface area contributed by atoms with Crippen molar-refractivity contribution < 1.29 is 28.6 Å². The predicted octanol–water partition coefficient (Wildman–Crippen LogP) is 3.21. The highest BCUT2D eigenvalue weighted by Crippen LogP contribution is 2.41. The SMILES string of the molecule is COC(=O)c1cccc2c1OC1(CCN(C(=O)OC(C)(C)C)CC1)CC2=O. The molecule has 7 nitrogen and oxygen atoms in total. The zero-order chi connectivity index (χ0) is 19.8. The van der Waals surface area contributed by atoms with Gasteiger partial charge in [-0.05, 0) is 32.9 Å². The first-order chi connectivity index (χ1) is 12.6. The van der Waals surface area contributed by atoms with Gasteiger partial charge in [-0.2, -0.15) is 0 Å². The summed E-state index contributed by atoms with van der Waals surface area (Å²) in [6.45, 7) is 6.33. The molecule has 3 rings (SSSR count). The number of ketones is 1. The standard InChI is InChI=1S/C20H25NO6/c1-19(2,3)27-18(24)21-10-8-20(9-11-21)12-15(22)13-6-5-7-14(16(13)26-20)17(23)25-4/h5-7H,8-12H2,1-4H3. The summed E-state index contributed by atoms with van der Waals surface area (Å²) >= 11 is 0. The Bertz CT molecular complexity index is 771. The number of hydrogen-bond donors (Lipinski definition) is 0. The Labute approximate surface area is 158 Å². The number of likely N-dealkylation sites (tertiary alicyclic amines) is 1. The fourth-order valence-corrected chi connectivity index (χ4v) is 3.48. The Kier molecular flexibility index (Phi) is 4.88. The lowest BCUT2D eigenvalue weighted by Gasteiger charge is -2.44. The van der Waals surface area contributed by atoms with Gasteiger partial charge in [-0.3, -0.25) is 4.79 Å². The molecular formula is C20H25NO6. The minimum absolute atomic E-state index is 0.0623. The number of carbonyl (C=O) groups excluding carboxylic acids is 3. The summed E-state index contributed by atoms with van der Waals surface area (Å²) in [7, 11) is 1.29. The molecule has 0 bridgehead atoms. The summed E-state index contributed by atoms with van der Waals surface area (Å²) in [5, 5.41) is 0. The number of Topliss-reactive ketones (excluding diaryl/α,β-unsaturated/α-hetero) is 1. The van der Waals surface area contributed by atoms with Gasteiger partial charge in [0.2, 0.25) is 0 Å². The van der Waals surface area contributed by atoms with Crippen LogP contribution in [-0.2, 0) is 9.47 Å². The van der Waals surface area contributed by atoms with E-state index in [1.54, 1.807) is 23.1 Å². The van der Waals surface area contributed by atoms with Gasteiger partial charge in [0, 0.05) is 25.9 Å². The minimum Gasteiger partial charge on any atom is -0.485 e. The molecule has 27 heavy (non-hydrogen) atoms. The van der Waals surface area contributed by atoms with Crippen LogP contribution in [0.15, 0.2) is 18.2 Å². The van der Waals surface area contributed by atoms with Crippen LogP contribution in [0.25, 0.3) is 0 Å². The van der Waals surface area contributed by atoms with Gasteiger partial charge in [-0.25, -0.2) is 9.59 Å². The number of benzene rings is 1. The molecule has 2 heterocycles. The fraction of sp³-hybridized carbons (Fsp3) is 0.550. The molecule has 0 saturated carbocycles. The largest absolute Gasteiger partial charge is 0.485 e. The molecule has 1 aromatic rings. The fourth-order valence-electron chi connectivity index (χ4n) is 3.48. The van der Waals surface area contributed by atoms with Gasteiger partial charge in [-0.1, -0.05) is 6.07 Å². The lowest BCUT2D eigenvalue weighted by Crippen LogP contribution is -2.53. The number of rotatable bonds is 1. The number of carbonyl (C=O) groups is 3. The van der Waals surface area contributed by atoms with E-state index in [9.17, 15) is 14.4 Å². The van der Waals surface area contributed by atoms with Crippen LogP contribution in [0.2, 0.25) is 0 Å². The van der Waals surface area contributed by atoms with Crippen molar-refractivity contribution in [2.75, 3.05) is 20.2 Å². The Morgan fingerprint density at radius 1 is 1.19 bits per heavy atom. The summed E-state index contributed by atoms with van der Waals surface area (Å²) in [5.41, 5.74) is -0.625. The first-order valence-electron chi connectivity index (χ1n) is 9.06. The van der Waals surface area contributed by atoms with E-state index in [1.165, 1.54) is 7.11 Å². The van der Waals surface area contributed by atoms with E-state index in [2.05, 4.69) is 0 Å². The van der Waals surface area contributed by atoms with E-state index < -0.39 is 17.2 Å². The number of ether oxygens (including phenoxy) is 3. The Morgan fingerprint density at radius 2 is 1.85 bits per heavy atom. The van der Waals surface area contributed by atoms with Crippen molar-refractivity contribution >= 4 is 17.8 Å². The highest BCUT2D eigenvalue weighted by molar-refractivity contribution is 6.04. The number of nitrogens with zero attached hydrogens (tertiary/aromatic N) is 1. The molecule has 0 radical (unpaired) electrons. The van der Waals surface area contributed by atoms with E-state index in [0.29, 0.717) is 31.5 Å². The van der Waals surface area contributed by atoms with E-state index in [4.69, 9.17) is 14.2 Å². The van der Waals surface area contributed by atoms with Crippen LogP contribution in [0.5, 0.6) is 5.75 Å². The number of para-hydroxylation sites is 1.